The van der Waals surface area contributed by atoms with Crippen molar-refractivity contribution in [2.75, 3.05) is 34.0 Å². The van der Waals surface area contributed by atoms with E-state index in [0.717, 1.165) is 0 Å². The molecule has 0 amide bonds. The van der Waals surface area contributed by atoms with E-state index in [4.69, 9.17) is 33.2 Å². The number of ether oxygens (including phenoxy) is 7. The van der Waals surface area contributed by atoms with Gasteiger partial charge in [-0.25, -0.2) is 0 Å². The van der Waals surface area contributed by atoms with Gasteiger partial charge in [0, 0.05) is 14.2 Å². The number of methoxy groups -OCH3 is 2. The lowest BCUT2D eigenvalue weighted by Gasteiger charge is -2.48. The highest BCUT2D eigenvalue weighted by Crippen LogP contribution is 2.32. The van der Waals surface area contributed by atoms with Gasteiger partial charge < -0.3 is 79.1 Å². The Bertz CT molecular complexity index is 666. The van der Waals surface area contributed by atoms with Gasteiger partial charge in [0.05, 0.1) is 19.8 Å². The molecule has 9 N–H and O–H groups in total. The smallest absolute Gasteiger partial charge is 0.187 e. The van der Waals surface area contributed by atoms with Gasteiger partial charge >= 0.3 is 0 Å². The lowest BCUT2D eigenvalue weighted by Crippen LogP contribution is -2.66. The second kappa shape index (κ2) is 12.9. The summed E-state index contributed by atoms with van der Waals surface area (Å²) in [6.45, 7) is -2.03. The van der Waals surface area contributed by atoms with Gasteiger partial charge in [-0.1, -0.05) is 0 Å². The first kappa shape index (κ1) is 29.9. The van der Waals surface area contributed by atoms with E-state index in [1.54, 1.807) is 0 Å². The lowest BCUT2D eigenvalue weighted by atomic mass is 9.96. The number of rotatable bonds is 9. The van der Waals surface area contributed by atoms with Crippen LogP contribution in [-0.2, 0) is 33.2 Å². The van der Waals surface area contributed by atoms with Gasteiger partial charge in [-0.15, -0.1) is 0 Å². The molecule has 0 aromatic heterocycles. The van der Waals surface area contributed by atoms with E-state index < -0.39 is 112 Å². The van der Waals surface area contributed by atoms with Crippen LogP contribution in [0.5, 0.6) is 0 Å². The maximum atomic E-state index is 10.7. The summed E-state index contributed by atoms with van der Waals surface area (Å²) in [4.78, 5) is 0. The normalized spacial score (nSPS) is 50.2. The van der Waals surface area contributed by atoms with Crippen LogP contribution in [0, 0.1) is 0 Å². The summed E-state index contributed by atoms with van der Waals surface area (Å²) in [6.07, 6.45) is -22.4. The van der Waals surface area contributed by atoms with E-state index in [1.807, 2.05) is 0 Å². The van der Waals surface area contributed by atoms with Crippen LogP contribution in [0.2, 0.25) is 0 Å². The first-order valence-corrected chi connectivity index (χ1v) is 11.4. The van der Waals surface area contributed by atoms with Crippen molar-refractivity contribution >= 4 is 0 Å². The van der Waals surface area contributed by atoms with Crippen LogP contribution in [0.4, 0.5) is 0 Å². The van der Waals surface area contributed by atoms with E-state index in [0.29, 0.717) is 0 Å². The fraction of sp³-hybridized carbons (Fsp3) is 1.00. The molecule has 3 rings (SSSR count). The molecule has 4 unspecified atom stereocenters. The minimum Gasteiger partial charge on any atom is -0.394 e. The fourth-order valence-electron chi connectivity index (χ4n) is 4.51. The van der Waals surface area contributed by atoms with E-state index >= 15 is 0 Å². The quantitative estimate of drug-likeness (QED) is 0.134. The lowest BCUT2D eigenvalue weighted by molar-refractivity contribution is -0.379. The monoisotopic (exact) mass is 532 g/mol. The molecular formula is C20H36O16. The highest BCUT2D eigenvalue weighted by Gasteiger charge is 2.53. The Hall–Kier alpha value is -0.640. The number of aliphatic hydroxyl groups excluding tert-OH is 9. The fourth-order valence-corrected chi connectivity index (χ4v) is 4.51. The van der Waals surface area contributed by atoms with Crippen LogP contribution in [0.15, 0.2) is 0 Å². The number of hydrogen-bond acceptors (Lipinski definition) is 16. The predicted molar refractivity (Wildman–Crippen MR) is 111 cm³/mol. The van der Waals surface area contributed by atoms with Crippen molar-refractivity contribution in [2.24, 2.45) is 0 Å². The SMILES string of the molecule is CO[C@H]1O[C@H](CO)C(OC2O[C@@H](CO)C(OC3O[C@H](CO)[C@@H](OC)[C@H](O)[C@H]3O)[C@@H](O)[C@@H]2O)[C@H](O)[C@H]1O. The summed E-state index contributed by atoms with van der Waals surface area (Å²) in [7, 11) is 2.46. The first-order valence-electron chi connectivity index (χ1n) is 11.4. The summed E-state index contributed by atoms with van der Waals surface area (Å²) in [6, 6.07) is 0. The van der Waals surface area contributed by atoms with Crippen molar-refractivity contribution < 1.29 is 79.1 Å². The Labute approximate surface area is 206 Å². The van der Waals surface area contributed by atoms with Crippen LogP contribution in [0.25, 0.3) is 0 Å². The average Bonchev–Trinajstić information content (AvgIpc) is 2.88. The van der Waals surface area contributed by atoms with Crippen LogP contribution >= 0.6 is 0 Å². The minimum absolute atomic E-state index is 0.596. The Kier molecular flexibility index (Phi) is 10.8. The number of aliphatic hydroxyl groups is 9. The second-order valence-electron chi connectivity index (χ2n) is 8.76. The molecule has 3 aliphatic heterocycles. The maximum absolute atomic E-state index is 10.7. The summed E-state index contributed by atoms with van der Waals surface area (Å²) < 4.78 is 37.3. The van der Waals surface area contributed by atoms with Crippen molar-refractivity contribution in [3.8, 4) is 0 Å². The molecule has 0 aliphatic carbocycles. The van der Waals surface area contributed by atoms with Crippen LogP contribution < -0.4 is 0 Å². The van der Waals surface area contributed by atoms with Crippen LogP contribution in [0.1, 0.15) is 0 Å². The highest BCUT2D eigenvalue weighted by molar-refractivity contribution is 4.96. The van der Waals surface area contributed by atoms with Gasteiger partial charge in [0.1, 0.15) is 73.2 Å². The van der Waals surface area contributed by atoms with Gasteiger partial charge in [-0.3, -0.25) is 0 Å². The van der Waals surface area contributed by atoms with E-state index in [9.17, 15) is 46.0 Å². The Morgan fingerprint density at radius 1 is 0.472 bits per heavy atom. The molecule has 36 heavy (non-hydrogen) atoms. The van der Waals surface area contributed by atoms with E-state index in [-0.39, 0.29) is 0 Å². The summed E-state index contributed by atoms with van der Waals surface area (Å²) in [5.74, 6) is 0. The topological polar surface area (TPSA) is 247 Å². The maximum Gasteiger partial charge on any atom is 0.187 e. The molecular weight excluding hydrogens is 496 g/mol. The standard InChI is InChI=1S/C20H36O16/c1-30-15-6(3-21)33-19(13(28)9(15)24)36-17-8(5-23)34-20(14(29)11(17)26)35-16-7(4-22)32-18(31-2)12(27)10(16)25/h6-29H,3-5H2,1-2H3/t6-,7-,8+,9-,10-,11+,12-,13-,14+,15-,16?,17?,18+,19?,20?/m1/s1. The summed E-state index contributed by atoms with van der Waals surface area (Å²) >= 11 is 0. The zero-order valence-electron chi connectivity index (χ0n) is 19.7. The molecule has 0 aromatic rings. The van der Waals surface area contributed by atoms with Gasteiger partial charge in [-0.05, 0) is 0 Å². The molecule has 16 heteroatoms. The molecule has 212 valence electrons. The zero-order valence-corrected chi connectivity index (χ0v) is 19.7. The van der Waals surface area contributed by atoms with Crippen molar-refractivity contribution in [2.45, 2.75) is 92.1 Å². The van der Waals surface area contributed by atoms with Gasteiger partial charge in [-0.2, -0.15) is 0 Å². The van der Waals surface area contributed by atoms with Crippen molar-refractivity contribution in [3.63, 3.8) is 0 Å². The average molecular weight is 532 g/mol. The van der Waals surface area contributed by atoms with Gasteiger partial charge in [0.2, 0.25) is 0 Å². The molecule has 0 aromatic carbocycles. The minimum atomic E-state index is -1.85. The van der Waals surface area contributed by atoms with E-state index in [2.05, 4.69) is 0 Å². The van der Waals surface area contributed by atoms with Crippen LogP contribution in [0.3, 0.4) is 0 Å². The zero-order chi connectivity index (χ0) is 26.7. The molecule has 3 aliphatic rings. The molecule has 15 atom stereocenters. The molecule has 3 saturated heterocycles. The van der Waals surface area contributed by atoms with Crippen molar-refractivity contribution in [3.05, 3.63) is 0 Å². The Morgan fingerprint density at radius 2 is 0.806 bits per heavy atom. The van der Waals surface area contributed by atoms with Crippen molar-refractivity contribution in [1.82, 2.24) is 0 Å². The molecule has 3 heterocycles. The molecule has 0 spiro atoms. The third kappa shape index (κ3) is 5.84. The molecule has 3 fully saturated rings. The van der Waals surface area contributed by atoms with E-state index in [1.165, 1.54) is 14.2 Å². The molecule has 0 bridgehead atoms. The molecule has 0 saturated carbocycles. The number of hydrogen-bond donors (Lipinski definition) is 9. The Morgan fingerprint density at radius 3 is 1.17 bits per heavy atom. The van der Waals surface area contributed by atoms with Crippen LogP contribution in [-0.4, -0.2) is 172 Å². The first-order chi connectivity index (χ1) is 17.1. The van der Waals surface area contributed by atoms with Gasteiger partial charge in [0.25, 0.3) is 0 Å². The third-order valence-corrected chi connectivity index (χ3v) is 6.55. The Balaban J connectivity index is 1.72. The highest BCUT2D eigenvalue weighted by atomic mass is 16.8. The summed E-state index contributed by atoms with van der Waals surface area (Å²) in [5.41, 5.74) is 0. The third-order valence-electron chi connectivity index (χ3n) is 6.55. The predicted octanol–water partition coefficient (Wildman–Crippen LogP) is -6.26. The summed E-state index contributed by atoms with van der Waals surface area (Å²) in [5, 5.41) is 91.6. The molecule has 0 radical (unpaired) electrons. The van der Waals surface area contributed by atoms with Gasteiger partial charge in [0.15, 0.2) is 18.9 Å². The van der Waals surface area contributed by atoms with Crippen molar-refractivity contribution in [1.29, 1.82) is 0 Å². The molecule has 16 nitrogen and oxygen atoms in total. The second-order valence-corrected chi connectivity index (χ2v) is 8.76. The largest absolute Gasteiger partial charge is 0.394 e.